The van der Waals surface area contributed by atoms with Crippen molar-refractivity contribution in [3.05, 3.63) is 94.7 Å². The topological polar surface area (TPSA) is 70.7 Å². The zero-order valence-electron chi connectivity index (χ0n) is 16.4. The number of aromatic nitrogens is 3. The van der Waals surface area contributed by atoms with Gasteiger partial charge in [-0.1, -0.05) is 18.2 Å². The summed E-state index contributed by atoms with van der Waals surface area (Å²) in [6.45, 7) is 1.87. The van der Waals surface area contributed by atoms with Gasteiger partial charge in [-0.05, 0) is 54.4 Å². The molecule has 0 saturated heterocycles. The van der Waals surface area contributed by atoms with Gasteiger partial charge in [0.1, 0.15) is 5.82 Å². The highest BCUT2D eigenvalue weighted by Crippen LogP contribution is 2.36. The van der Waals surface area contributed by atoms with Crippen LogP contribution >= 0.6 is 0 Å². The number of halogens is 3. The number of hydrogen-bond donors (Lipinski definition) is 2. The van der Waals surface area contributed by atoms with Gasteiger partial charge in [0.05, 0.1) is 5.56 Å². The third-order valence-corrected chi connectivity index (χ3v) is 4.63. The standard InChI is InChI=1S/C23H17F3N4O/c1-14-10-17(7-9-27-14)29-21-12-15(6-8-28-21)16-11-20(30-22(31)13-16)18-4-2-3-5-19(18)23(24,25)26/h2-13H,1H3,(H,30,31)(H,27,28,29). The Hall–Kier alpha value is -3.94. The minimum Gasteiger partial charge on any atom is -0.340 e. The van der Waals surface area contributed by atoms with Crippen LogP contribution in [0.1, 0.15) is 11.3 Å². The van der Waals surface area contributed by atoms with Crippen molar-refractivity contribution < 1.29 is 13.2 Å². The van der Waals surface area contributed by atoms with Gasteiger partial charge in [0.15, 0.2) is 0 Å². The summed E-state index contributed by atoms with van der Waals surface area (Å²) in [5.41, 5.74) is 1.44. The van der Waals surface area contributed by atoms with Crippen molar-refractivity contribution in [2.45, 2.75) is 13.1 Å². The SMILES string of the molecule is Cc1cc(Nc2cc(-c3cc(-c4ccccc4C(F)(F)F)[nH]c(=O)c3)ccn2)ccn1. The Morgan fingerprint density at radius 3 is 2.45 bits per heavy atom. The predicted octanol–water partition coefficient (Wildman–Crippen LogP) is 5.57. The van der Waals surface area contributed by atoms with Crippen molar-refractivity contribution in [2.24, 2.45) is 0 Å². The van der Waals surface area contributed by atoms with Crippen LogP contribution in [-0.2, 0) is 6.18 Å². The van der Waals surface area contributed by atoms with Gasteiger partial charge in [-0.3, -0.25) is 9.78 Å². The summed E-state index contributed by atoms with van der Waals surface area (Å²) in [7, 11) is 0. The second-order valence-electron chi connectivity index (χ2n) is 6.93. The number of pyridine rings is 3. The molecular weight excluding hydrogens is 405 g/mol. The van der Waals surface area contributed by atoms with E-state index in [1.165, 1.54) is 30.3 Å². The van der Waals surface area contributed by atoms with Crippen LogP contribution in [0.3, 0.4) is 0 Å². The minimum atomic E-state index is -4.54. The molecule has 0 saturated carbocycles. The zero-order chi connectivity index (χ0) is 22.0. The van der Waals surface area contributed by atoms with Gasteiger partial charge in [0.2, 0.25) is 5.56 Å². The quantitative estimate of drug-likeness (QED) is 0.451. The van der Waals surface area contributed by atoms with Crippen LogP contribution in [0.25, 0.3) is 22.4 Å². The molecule has 0 radical (unpaired) electrons. The average molecular weight is 422 g/mol. The van der Waals surface area contributed by atoms with Crippen molar-refractivity contribution in [1.82, 2.24) is 15.0 Å². The molecule has 0 bridgehead atoms. The van der Waals surface area contributed by atoms with E-state index in [2.05, 4.69) is 20.3 Å². The fraction of sp³-hybridized carbons (Fsp3) is 0.0870. The lowest BCUT2D eigenvalue weighted by Gasteiger charge is -2.13. The first-order valence-electron chi connectivity index (χ1n) is 9.37. The summed E-state index contributed by atoms with van der Waals surface area (Å²) >= 11 is 0. The maximum absolute atomic E-state index is 13.4. The van der Waals surface area contributed by atoms with Crippen LogP contribution in [0.4, 0.5) is 24.7 Å². The summed E-state index contributed by atoms with van der Waals surface area (Å²) < 4.78 is 40.3. The number of nitrogens with zero attached hydrogens (tertiary/aromatic N) is 2. The van der Waals surface area contributed by atoms with Crippen LogP contribution in [-0.4, -0.2) is 15.0 Å². The molecule has 3 aromatic heterocycles. The lowest BCUT2D eigenvalue weighted by molar-refractivity contribution is -0.137. The van der Waals surface area contributed by atoms with E-state index >= 15 is 0 Å². The van der Waals surface area contributed by atoms with Gasteiger partial charge in [-0.15, -0.1) is 0 Å². The molecule has 5 nitrogen and oxygen atoms in total. The van der Waals surface area contributed by atoms with Crippen molar-refractivity contribution in [2.75, 3.05) is 5.32 Å². The first kappa shape index (κ1) is 20.3. The average Bonchev–Trinajstić information content (AvgIpc) is 2.73. The number of rotatable bonds is 4. The molecule has 1 aromatic carbocycles. The molecule has 4 aromatic rings. The lowest BCUT2D eigenvalue weighted by Crippen LogP contribution is -2.10. The molecule has 0 aliphatic carbocycles. The first-order chi connectivity index (χ1) is 14.8. The van der Waals surface area contributed by atoms with E-state index in [9.17, 15) is 18.0 Å². The summed E-state index contributed by atoms with van der Waals surface area (Å²) in [6.07, 6.45) is -1.31. The Morgan fingerprint density at radius 2 is 1.68 bits per heavy atom. The number of aromatic amines is 1. The maximum Gasteiger partial charge on any atom is 0.417 e. The van der Waals surface area contributed by atoms with E-state index in [1.807, 2.05) is 13.0 Å². The zero-order valence-corrected chi connectivity index (χ0v) is 16.4. The Bertz CT molecular complexity index is 1300. The van der Waals surface area contributed by atoms with E-state index in [-0.39, 0.29) is 11.3 Å². The van der Waals surface area contributed by atoms with E-state index in [0.717, 1.165) is 17.4 Å². The lowest BCUT2D eigenvalue weighted by atomic mass is 10.0. The van der Waals surface area contributed by atoms with Crippen LogP contribution < -0.4 is 10.9 Å². The second-order valence-corrected chi connectivity index (χ2v) is 6.93. The molecule has 0 aliphatic heterocycles. The second kappa shape index (κ2) is 8.06. The Kier molecular flexibility index (Phi) is 5.29. The third-order valence-electron chi connectivity index (χ3n) is 4.63. The molecule has 0 atom stereocenters. The highest BCUT2D eigenvalue weighted by molar-refractivity contribution is 5.74. The highest BCUT2D eigenvalue weighted by atomic mass is 19.4. The van der Waals surface area contributed by atoms with Gasteiger partial charge in [-0.25, -0.2) is 4.98 Å². The Labute approximate surface area is 175 Å². The van der Waals surface area contributed by atoms with Crippen molar-refractivity contribution >= 4 is 11.5 Å². The normalized spacial score (nSPS) is 11.4. The summed E-state index contributed by atoms with van der Waals surface area (Å²) in [4.78, 5) is 23.2. The molecule has 0 amide bonds. The van der Waals surface area contributed by atoms with Crippen LogP contribution in [0.5, 0.6) is 0 Å². The van der Waals surface area contributed by atoms with Gasteiger partial charge in [0, 0.05) is 41.1 Å². The molecule has 0 spiro atoms. The van der Waals surface area contributed by atoms with E-state index in [4.69, 9.17) is 0 Å². The van der Waals surface area contributed by atoms with Crippen molar-refractivity contribution in [3.8, 4) is 22.4 Å². The molecule has 2 N–H and O–H groups in total. The number of alkyl halides is 3. The van der Waals surface area contributed by atoms with Gasteiger partial charge in [0.25, 0.3) is 0 Å². The number of hydrogen-bond acceptors (Lipinski definition) is 4. The summed E-state index contributed by atoms with van der Waals surface area (Å²) in [5.74, 6) is 0.528. The van der Waals surface area contributed by atoms with Crippen molar-refractivity contribution in [3.63, 3.8) is 0 Å². The molecule has 156 valence electrons. The number of nitrogens with one attached hydrogen (secondary N) is 2. The number of benzene rings is 1. The summed E-state index contributed by atoms with van der Waals surface area (Å²) in [5, 5.41) is 3.16. The maximum atomic E-state index is 13.4. The highest BCUT2D eigenvalue weighted by Gasteiger charge is 2.33. The number of anilines is 2. The van der Waals surface area contributed by atoms with E-state index in [1.54, 1.807) is 30.6 Å². The van der Waals surface area contributed by atoms with Gasteiger partial charge in [-0.2, -0.15) is 13.2 Å². The van der Waals surface area contributed by atoms with Gasteiger partial charge < -0.3 is 10.3 Å². The van der Waals surface area contributed by atoms with Crippen LogP contribution in [0.15, 0.2) is 77.9 Å². The van der Waals surface area contributed by atoms with Crippen LogP contribution in [0.2, 0.25) is 0 Å². The van der Waals surface area contributed by atoms with Crippen molar-refractivity contribution in [1.29, 1.82) is 0 Å². The fourth-order valence-electron chi connectivity index (χ4n) is 3.27. The number of H-pyrrole nitrogens is 1. The Balaban J connectivity index is 1.74. The molecule has 0 unspecified atom stereocenters. The minimum absolute atomic E-state index is 0.0892. The van der Waals surface area contributed by atoms with Gasteiger partial charge >= 0.3 is 6.18 Å². The van der Waals surface area contributed by atoms with E-state index < -0.39 is 17.3 Å². The number of aryl methyl sites for hydroxylation is 1. The third kappa shape index (κ3) is 4.63. The predicted molar refractivity (Wildman–Crippen MR) is 113 cm³/mol. The Morgan fingerprint density at radius 1 is 0.903 bits per heavy atom. The first-order valence-corrected chi connectivity index (χ1v) is 9.37. The monoisotopic (exact) mass is 422 g/mol. The largest absolute Gasteiger partial charge is 0.417 e. The molecule has 31 heavy (non-hydrogen) atoms. The molecule has 0 fully saturated rings. The molecule has 0 aliphatic rings. The van der Waals surface area contributed by atoms with Crippen LogP contribution in [0, 0.1) is 6.92 Å². The van der Waals surface area contributed by atoms with E-state index in [0.29, 0.717) is 16.9 Å². The molecule has 4 rings (SSSR count). The molecule has 8 heteroatoms. The smallest absolute Gasteiger partial charge is 0.340 e. The fourth-order valence-corrected chi connectivity index (χ4v) is 3.27. The summed E-state index contributed by atoms with van der Waals surface area (Å²) in [6, 6.07) is 15.1. The molecular formula is C23H17F3N4O. The molecule has 3 heterocycles.